The third-order valence-electron chi connectivity index (χ3n) is 2.75. The van der Waals surface area contributed by atoms with Crippen LogP contribution in [-0.2, 0) is 5.60 Å². The standard InChI is InChI=1S/C12H18ClNO/c1-9(2)12(15,8-14-3)10-4-6-11(13)7-5-10/h4-7,9,14-15H,8H2,1-3H3. The SMILES string of the molecule is CNCC(O)(c1ccc(Cl)cc1)C(C)C. The molecule has 0 radical (unpaired) electrons. The van der Waals surface area contributed by atoms with E-state index in [1.807, 2.05) is 33.0 Å². The molecule has 84 valence electrons. The molecule has 1 atom stereocenters. The molecular weight excluding hydrogens is 210 g/mol. The minimum absolute atomic E-state index is 0.145. The van der Waals surface area contributed by atoms with Crippen molar-refractivity contribution in [3.05, 3.63) is 34.9 Å². The molecule has 3 heteroatoms. The summed E-state index contributed by atoms with van der Waals surface area (Å²) in [6.45, 7) is 4.55. The number of nitrogens with one attached hydrogen (secondary N) is 1. The lowest BCUT2D eigenvalue weighted by molar-refractivity contribution is -0.00756. The van der Waals surface area contributed by atoms with Crippen LogP contribution in [0.2, 0.25) is 5.02 Å². The van der Waals surface area contributed by atoms with Gasteiger partial charge in [-0.15, -0.1) is 0 Å². The Bertz CT molecular complexity index is 310. The Morgan fingerprint density at radius 3 is 2.27 bits per heavy atom. The van der Waals surface area contributed by atoms with Crippen LogP contribution >= 0.6 is 11.6 Å². The summed E-state index contributed by atoms with van der Waals surface area (Å²) in [7, 11) is 1.84. The van der Waals surface area contributed by atoms with Crippen molar-refractivity contribution in [2.45, 2.75) is 19.4 Å². The van der Waals surface area contributed by atoms with Gasteiger partial charge in [0.15, 0.2) is 0 Å². The monoisotopic (exact) mass is 227 g/mol. The molecule has 0 aromatic heterocycles. The largest absolute Gasteiger partial charge is 0.384 e. The first kappa shape index (κ1) is 12.5. The fourth-order valence-electron chi connectivity index (χ4n) is 1.65. The van der Waals surface area contributed by atoms with Crippen molar-refractivity contribution in [2.24, 2.45) is 5.92 Å². The molecule has 1 aromatic rings. The Labute approximate surface area is 96.3 Å². The number of halogens is 1. The number of rotatable bonds is 4. The van der Waals surface area contributed by atoms with E-state index in [-0.39, 0.29) is 5.92 Å². The molecule has 0 saturated carbocycles. The second-order valence-electron chi connectivity index (χ2n) is 4.12. The Balaban J connectivity index is 3.04. The molecule has 1 rings (SSSR count). The molecule has 0 bridgehead atoms. The zero-order valence-electron chi connectivity index (χ0n) is 9.42. The molecule has 0 aliphatic rings. The Kier molecular flexibility index (Phi) is 4.14. The lowest BCUT2D eigenvalue weighted by Gasteiger charge is -2.32. The maximum Gasteiger partial charge on any atom is 0.104 e. The van der Waals surface area contributed by atoms with Crippen molar-refractivity contribution < 1.29 is 5.11 Å². The van der Waals surface area contributed by atoms with Crippen molar-refractivity contribution >= 4 is 11.6 Å². The minimum Gasteiger partial charge on any atom is -0.384 e. The van der Waals surface area contributed by atoms with Crippen molar-refractivity contribution in [1.82, 2.24) is 5.32 Å². The summed E-state index contributed by atoms with van der Waals surface area (Å²) in [5.41, 5.74) is 0.0653. The molecule has 15 heavy (non-hydrogen) atoms. The molecule has 0 heterocycles. The third kappa shape index (κ3) is 2.71. The highest BCUT2D eigenvalue weighted by atomic mass is 35.5. The second-order valence-corrected chi connectivity index (χ2v) is 4.55. The Morgan fingerprint density at radius 2 is 1.87 bits per heavy atom. The van der Waals surface area contributed by atoms with Gasteiger partial charge in [0.25, 0.3) is 0 Å². The van der Waals surface area contributed by atoms with Gasteiger partial charge in [-0.25, -0.2) is 0 Å². The van der Waals surface area contributed by atoms with Gasteiger partial charge in [-0.1, -0.05) is 37.6 Å². The van der Waals surface area contributed by atoms with E-state index in [1.54, 1.807) is 12.1 Å². The van der Waals surface area contributed by atoms with Crippen LogP contribution in [0.3, 0.4) is 0 Å². The summed E-state index contributed by atoms with van der Waals surface area (Å²) in [4.78, 5) is 0. The fraction of sp³-hybridized carbons (Fsp3) is 0.500. The first-order chi connectivity index (χ1) is 7.00. The maximum absolute atomic E-state index is 10.5. The van der Waals surface area contributed by atoms with E-state index in [2.05, 4.69) is 5.32 Å². The van der Waals surface area contributed by atoms with Gasteiger partial charge in [0.05, 0.1) is 0 Å². The van der Waals surface area contributed by atoms with E-state index in [4.69, 9.17) is 11.6 Å². The van der Waals surface area contributed by atoms with E-state index in [0.29, 0.717) is 11.6 Å². The predicted molar refractivity (Wildman–Crippen MR) is 64.1 cm³/mol. The molecule has 2 nitrogen and oxygen atoms in total. The molecule has 1 aromatic carbocycles. The van der Waals surface area contributed by atoms with Gasteiger partial charge in [-0.05, 0) is 30.7 Å². The lowest BCUT2D eigenvalue weighted by atomic mass is 9.83. The average Bonchev–Trinajstić information content (AvgIpc) is 2.18. The molecule has 1 unspecified atom stereocenters. The van der Waals surface area contributed by atoms with Crippen LogP contribution in [0.25, 0.3) is 0 Å². The normalized spacial score (nSPS) is 15.3. The van der Waals surface area contributed by atoms with Crippen LogP contribution in [0.5, 0.6) is 0 Å². The van der Waals surface area contributed by atoms with Crippen LogP contribution in [0.15, 0.2) is 24.3 Å². The number of hydrogen-bond acceptors (Lipinski definition) is 2. The number of aliphatic hydroxyl groups is 1. The van der Waals surface area contributed by atoms with Crippen LogP contribution in [0, 0.1) is 5.92 Å². The predicted octanol–water partition coefficient (Wildman–Crippen LogP) is 2.40. The maximum atomic E-state index is 10.5. The molecule has 0 aliphatic carbocycles. The van der Waals surface area contributed by atoms with Gasteiger partial charge < -0.3 is 10.4 Å². The van der Waals surface area contributed by atoms with Gasteiger partial charge in [0.2, 0.25) is 0 Å². The summed E-state index contributed by atoms with van der Waals surface area (Å²) in [5.74, 6) is 0.145. The third-order valence-corrected chi connectivity index (χ3v) is 3.00. The summed E-state index contributed by atoms with van der Waals surface area (Å²) in [6, 6.07) is 7.36. The van der Waals surface area contributed by atoms with Crippen molar-refractivity contribution in [3.63, 3.8) is 0 Å². The van der Waals surface area contributed by atoms with Gasteiger partial charge in [-0.3, -0.25) is 0 Å². The topological polar surface area (TPSA) is 32.3 Å². The van der Waals surface area contributed by atoms with E-state index in [9.17, 15) is 5.11 Å². The quantitative estimate of drug-likeness (QED) is 0.828. The van der Waals surface area contributed by atoms with E-state index < -0.39 is 5.60 Å². The molecule has 0 saturated heterocycles. The molecule has 0 amide bonds. The van der Waals surface area contributed by atoms with Gasteiger partial charge in [-0.2, -0.15) is 0 Å². The van der Waals surface area contributed by atoms with Crippen molar-refractivity contribution in [1.29, 1.82) is 0 Å². The van der Waals surface area contributed by atoms with Gasteiger partial charge in [0.1, 0.15) is 5.60 Å². The highest BCUT2D eigenvalue weighted by Gasteiger charge is 2.32. The summed E-state index contributed by atoms with van der Waals surface area (Å²) < 4.78 is 0. The van der Waals surface area contributed by atoms with Gasteiger partial charge in [0, 0.05) is 11.6 Å². The first-order valence-electron chi connectivity index (χ1n) is 5.13. The molecule has 2 N–H and O–H groups in total. The summed E-state index contributed by atoms with van der Waals surface area (Å²) in [6.07, 6.45) is 0. The van der Waals surface area contributed by atoms with Crippen molar-refractivity contribution in [3.8, 4) is 0 Å². The molecule has 0 aliphatic heterocycles. The molecular formula is C12H18ClNO. The van der Waals surface area contributed by atoms with Crippen LogP contribution in [0.4, 0.5) is 0 Å². The average molecular weight is 228 g/mol. The first-order valence-corrected chi connectivity index (χ1v) is 5.51. The Morgan fingerprint density at radius 1 is 1.33 bits per heavy atom. The van der Waals surface area contributed by atoms with Crippen LogP contribution in [0.1, 0.15) is 19.4 Å². The van der Waals surface area contributed by atoms with Gasteiger partial charge >= 0.3 is 0 Å². The lowest BCUT2D eigenvalue weighted by Crippen LogP contribution is -2.41. The van der Waals surface area contributed by atoms with E-state index in [0.717, 1.165) is 5.56 Å². The zero-order valence-corrected chi connectivity index (χ0v) is 10.2. The molecule has 0 fully saturated rings. The minimum atomic E-state index is -0.834. The molecule has 0 spiro atoms. The second kappa shape index (κ2) is 4.97. The Hall–Kier alpha value is -0.570. The van der Waals surface area contributed by atoms with E-state index in [1.165, 1.54) is 0 Å². The summed E-state index contributed by atoms with van der Waals surface area (Å²) >= 11 is 5.82. The number of likely N-dealkylation sites (N-methyl/N-ethyl adjacent to an activating group) is 1. The fourth-order valence-corrected chi connectivity index (χ4v) is 1.77. The zero-order chi connectivity index (χ0) is 11.5. The summed E-state index contributed by atoms with van der Waals surface area (Å²) in [5, 5.41) is 14.3. The highest BCUT2D eigenvalue weighted by molar-refractivity contribution is 6.30. The number of benzene rings is 1. The van der Waals surface area contributed by atoms with Crippen LogP contribution < -0.4 is 5.32 Å². The number of hydrogen-bond donors (Lipinski definition) is 2. The van der Waals surface area contributed by atoms with Crippen LogP contribution in [-0.4, -0.2) is 18.7 Å². The van der Waals surface area contributed by atoms with E-state index >= 15 is 0 Å². The highest BCUT2D eigenvalue weighted by Crippen LogP contribution is 2.29. The smallest absolute Gasteiger partial charge is 0.104 e. The van der Waals surface area contributed by atoms with Crippen molar-refractivity contribution in [2.75, 3.05) is 13.6 Å².